The average molecular weight is 403 g/mol. The largest absolute Gasteiger partial charge is 0.380 e. The van der Waals surface area contributed by atoms with Gasteiger partial charge in [0, 0.05) is 10.8 Å². The smallest absolute Gasteiger partial charge is 0.121 e. The van der Waals surface area contributed by atoms with Gasteiger partial charge < -0.3 is 9.84 Å². The fraction of sp³-hybridized carbons (Fsp3) is 0.200. The van der Waals surface area contributed by atoms with E-state index in [-0.39, 0.29) is 23.4 Å². The van der Waals surface area contributed by atoms with Crippen LogP contribution in [0.25, 0.3) is 0 Å². The first-order valence-electron chi connectivity index (χ1n) is 9.82. The predicted octanol–water partition coefficient (Wildman–Crippen LogP) is 4.05. The summed E-state index contributed by atoms with van der Waals surface area (Å²) < 4.78 is 19.8. The van der Waals surface area contributed by atoms with E-state index in [1.165, 1.54) is 0 Å². The third-order valence-corrected chi connectivity index (χ3v) is 7.76. The fourth-order valence-corrected chi connectivity index (χ4v) is 6.41. The van der Waals surface area contributed by atoms with Crippen LogP contribution in [-0.2, 0) is 21.1 Å². The number of benzene rings is 3. The van der Waals surface area contributed by atoms with Crippen molar-refractivity contribution in [3.05, 3.63) is 114 Å². The van der Waals surface area contributed by atoms with E-state index >= 15 is 0 Å². The number of rotatable bonds is 5. The zero-order valence-electron chi connectivity index (χ0n) is 15.8. The maximum atomic E-state index is 13.6. The normalized spacial score (nSPS) is 26.5. The first-order valence-corrected chi connectivity index (χ1v) is 11.0. The monoisotopic (exact) mass is 402 g/mol. The van der Waals surface area contributed by atoms with Gasteiger partial charge in [-0.3, -0.25) is 4.21 Å². The number of ether oxygens (including phenoxy) is 1. The van der Waals surface area contributed by atoms with Crippen molar-refractivity contribution in [3.63, 3.8) is 0 Å². The highest BCUT2D eigenvalue weighted by atomic mass is 32.2. The van der Waals surface area contributed by atoms with Crippen LogP contribution in [0.5, 0.6) is 0 Å². The molecule has 1 unspecified atom stereocenters. The molecule has 2 aliphatic heterocycles. The van der Waals surface area contributed by atoms with Crippen molar-refractivity contribution >= 4 is 10.8 Å². The van der Waals surface area contributed by atoms with Gasteiger partial charge >= 0.3 is 0 Å². The molecule has 29 heavy (non-hydrogen) atoms. The Bertz CT molecular complexity index is 994. The average Bonchev–Trinajstić information content (AvgIpc) is 3.42. The molecule has 1 fully saturated rings. The molecular formula is C25H22O3S. The van der Waals surface area contributed by atoms with Crippen molar-refractivity contribution in [2.24, 2.45) is 5.92 Å². The number of aliphatic hydroxyl groups is 1. The summed E-state index contributed by atoms with van der Waals surface area (Å²) >= 11 is 0. The Morgan fingerprint density at radius 1 is 0.724 bits per heavy atom. The van der Waals surface area contributed by atoms with Crippen molar-refractivity contribution < 1.29 is 14.1 Å². The van der Waals surface area contributed by atoms with Gasteiger partial charge in [-0.25, -0.2) is 0 Å². The fourth-order valence-electron chi connectivity index (χ4n) is 4.65. The second kappa shape index (κ2) is 7.38. The third-order valence-electron chi connectivity index (χ3n) is 5.97. The maximum absolute atomic E-state index is 13.6. The lowest BCUT2D eigenvalue weighted by Gasteiger charge is -2.40. The van der Waals surface area contributed by atoms with Gasteiger partial charge in [0.25, 0.3) is 0 Å². The molecule has 3 aromatic carbocycles. The molecule has 2 aliphatic rings. The standard InChI is InChI=1S/C25H22O3S/c26-25(18-10-4-1-5-11-18,19-12-6-2-7-13-19)23-21-16-17-22(28-21)24(23)29(27)20-14-8-3-9-15-20/h1-17,21-24,26H/t21-,22+,23-,24+,29?/m1/s1. The molecule has 3 aromatic rings. The summed E-state index contributed by atoms with van der Waals surface area (Å²) in [5.74, 6) is -0.372. The molecule has 0 aromatic heterocycles. The van der Waals surface area contributed by atoms with Crippen molar-refractivity contribution in [3.8, 4) is 0 Å². The molecule has 0 saturated carbocycles. The Kier molecular flexibility index (Phi) is 4.70. The van der Waals surface area contributed by atoms with Crippen LogP contribution in [0.3, 0.4) is 0 Å². The molecule has 0 spiro atoms. The number of hydrogen-bond acceptors (Lipinski definition) is 3. The molecule has 0 radical (unpaired) electrons. The Balaban J connectivity index is 1.67. The predicted molar refractivity (Wildman–Crippen MR) is 114 cm³/mol. The summed E-state index contributed by atoms with van der Waals surface area (Å²) in [6.07, 6.45) is 3.43. The molecule has 1 saturated heterocycles. The summed E-state index contributed by atoms with van der Waals surface area (Å²) in [6.45, 7) is 0. The molecule has 0 aliphatic carbocycles. The lowest BCUT2D eigenvalue weighted by Crippen LogP contribution is -2.48. The van der Waals surface area contributed by atoms with Gasteiger partial charge in [0.15, 0.2) is 0 Å². The van der Waals surface area contributed by atoms with Gasteiger partial charge in [-0.1, -0.05) is 91.0 Å². The molecule has 5 rings (SSSR count). The van der Waals surface area contributed by atoms with E-state index in [1.54, 1.807) is 0 Å². The van der Waals surface area contributed by atoms with E-state index in [1.807, 2.05) is 103 Å². The Hall–Kier alpha value is -2.53. The summed E-state index contributed by atoms with van der Waals surface area (Å²) in [5, 5.41) is 11.9. The Labute approximate surface area is 173 Å². The van der Waals surface area contributed by atoms with E-state index < -0.39 is 16.4 Å². The van der Waals surface area contributed by atoms with Crippen LogP contribution < -0.4 is 0 Å². The van der Waals surface area contributed by atoms with E-state index in [0.29, 0.717) is 0 Å². The van der Waals surface area contributed by atoms with Crippen LogP contribution in [0.1, 0.15) is 11.1 Å². The molecular weight excluding hydrogens is 380 g/mol. The highest BCUT2D eigenvalue weighted by Gasteiger charge is 2.58. The van der Waals surface area contributed by atoms with E-state index in [2.05, 4.69) is 0 Å². The minimum Gasteiger partial charge on any atom is -0.380 e. The zero-order chi connectivity index (χ0) is 19.8. The maximum Gasteiger partial charge on any atom is 0.121 e. The van der Waals surface area contributed by atoms with Gasteiger partial charge in [0.1, 0.15) is 5.60 Å². The van der Waals surface area contributed by atoms with Gasteiger partial charge in [0.2, 0.25) is 0 Å². The summed E-state index contributed by atoms with van der Waals surface area (Å²) in [5.41, 5.74) is 0.258. The molecule has 0 amide bonds. The van der Waals surface area contributed by atoms with Crippen LogP contribution in [-0.4, -0.2) is 26.8 Å². The lowest BCUT2D eigenvalue weighted by atomic mass is 9.71. The van der Waals surface area contributed by atoms with E-state index in [9.17, 15) is 9.32 Å². The van der Waals surface area contributed by atoms with Gasteiger partial charge in [-0.15, -0.1) is 0 Å². The molecule has 2 heterocycles. The topological polar surface area (TPSA) is 46.5 Å². The van der Waals surface area contributed by atoms with Crippen molar-refractivity contribution in [2.45, 2.75) is 28.0 Å². The highest BCUT2D eigenvalue weighted by Crippen LogP contribution is 2.50. The second-order valence-corrected chi connectivity index (χ2v) is 9.16. The lowest BCUT2D eigenvalue weighted by molar-refractivity contribution is -0.00764. The van der Waals surface area contributed by atoms with Gasteiger partial charge in [-0.2, -0.15) is 0 Å². The number of fused-ring (bicyclic) bond motifs is 2. The third kappa shape index (κ3) is 2.99. The SMILES string of the molecule is O=S(c1ccccc1)[C@@H]1[C@H](C(O)(c2ccccc2)c2ccccc2)[C@H]2C=C[C@@H]1O2. The highest BCUT2D eigenvalue weighted by molar-refractivity contribution is 7.85. The summed E-state index contributed by atoms with van der Waals surface area (Å²) in [4.78, 5) is 0.760. The number of hydrogen-bond donors (Lipinski definition) is 1. The van der Waals surface area contributed by atoms with Gasteiger partial charge in [-0.05, 0) is 23.3 Å². The summed E-state index contributed by atoms with van der Waals surface area (Å²) in [7, 11) is -1.32. The molecule has 3 nitrogen and oxygen atoms in total. The van der Waals surface area contributed by atoms with Gasteiger partial charge in [0.05, 0.1) is 28.3 Å². The van der Waals surface area contributed by atoms with E-state index in [4.69, 9.17) is 4.74 Å². The van der Waals surface area contributed by atoms with Crippen LogP contribution in [0, 0.1) is 5.92 Å². The minimum atomic E-state index is -1.32. The van der Waals surface area contributed by atoms with E-state index in [0.717, 1.165) is 16.0 Å². The molecule has 146 valence electrons. The van der Waals surface area contributed by atoms with Crippen LogP contribution in [0.4, 0.5) is 0 Å². The first-order chi connectivity index (χ1) is 14.2. The van der Waals surface area contributed by atoms with Crippen LogP contribution >= 0.6 is 0 Å². The Morgan fingerprint density at radius 3 is 1.76 bits per heavy atom. The van der Waals surface area contributed by atoms with Crippen molar-refractivity contribution in [2.75, 3.05) is 0 Å². The van der Waals surface area contributed by atoms with Crippen molar-refractivity contribution in [1.82, 2.24) is 0 Å². The quantitative estimate of drug-likeness (QED) is 0.655. The first kappa shape index (κ1) is 18.5. The molecule has 1 N–H and O–H groups in total. The minimum absolute atomic E-state index is 0.273. The zero-order valence-corrected chi connectivity index (χ0v) is 16.6. The van der Waals surface area contributed by atoms with Crippen LogP contribution in [0.15, 0.2) is 108 Å². The Morgan fingerprint density at radius 2 is 1.21 bits per heavy atom. The molecule has 5 atom stereocenters. The van der Waals surface area contributed by atoms with Crippen molar-refractivity contribution in [1.29, 1.82) is 0 Å². The second-order valence-electron chi connectivity index (χ2n) is 7.55. The molecule has 2 bridgehead atoms. The van der Waals surface area contributed by atoms with Crippen LogP contribution in [0.2, 0.25) is 0 Å². The summed E-state index contributed by atoms with van der Waals surface area (Å²) in [6, 6.07) is 28.8. The molecule has 4 heteroatoms.